The van der Waals surface area contributed by atoms with E-state index in [0.29, 0.717) is 30.6 Å². The van der Waals surface area contributed by atoms with Crippen LogP contribution in [0.15, 0.2) is 48.5 Å². The van der Waals surface area contributed by atoms with Crippen molar-refractivity contribution < 1.29 is 23.9 Å². The molecule has 1 aliphatic carbocycles. The molecule has 0 bridgehead atoms. The number of carbonyl (C=O) groups excluding carboxylic acids is 4. The van der Waals surface area contributed by atoms with E-state index in [4.69, 9.17) is 4.74 Å². The molecule has 35 heavy (non-hydrogen) atoms. The van der Waals surface area contributed by atoms with E-state index < -0.39 is 17.6 Å². The minimum absolute atomic E-state index is 0.0708. The molecule has 0 radical (unpaired) electrons. The highest BCUT2D eigenvalue weighted by Gasteiger charge is 2.58. The van der Waals surface area contributed by atoms with Crippen LogP contribution in [0.5, 0.6) is 0 Å². The summed E-state index contributed by atoms with van der Waals surface area (Å²) < 4.78 is 5.67. The van der Waals surface area contributed by atoms with Gasteiger partial charge < -0.3 is 20.3 Å². The zero-order chi connectivity index (χ0) is 24.6. The summed E-state index contributed by atoms with van der Waals surface area (Å²) in [4.78, 5) is 54.0. The van der Waals surface area contributed by atoms with Crippen LogP contribution < -0.4 is 10.6 Å². The molecular formula is C26H28N4O5. The number of nitrogens with one attached hydrogen (secondary N) is 2. The average Bonchev–Trinajstić information content (AvgIpc) is 3.36. The predicted molar refractivity (Wildman–Crippen MR) is 127 cm³/mol. The van der Waals surface area contributed by atoms with Crippen molar-refractivity contribution >= 4 is 29.6 Å². The van der Waals surface area contributed by atoms with Crippen molar-refractivity contribution in [3.63, 3.8) is 0 Å². The zero-order valence-corrected chi connectivity index (χ0v) is 19.6. The molecule has 0 unspecified atom stereocenters. The summed E-state index contributed by atoms with van der Waals surface area (Å²) in [7, 11) is 1.52. The Morgan fingerprint density at radius 3 is 2.69 bits per heavy atom. The number of amides is 5. The fourth-order valence-electron chi connectivity index (χ4n) is 5.40. The number of urea groups is 1. The van der Waals surface area contributed by atoms with Crippen LogP contribution in [0.25, 0.3) is 0 Å². The Hall–Kier alpha value is -3.88. The number of piperidine rings is 1. The van der Waals surface area contributed by atoms with Gasteiger partial charge in [0.15, 0.2) is 0 Å². The largest absolute Gasteiger partial charge is 0.427 e. The molecule has 2 aromatic carbocycles. The Kier molecular flexibility index (Phi) is 5.92. The SMILES string of the molecule is CNC(=O)Nc1ccc2c(c1)CC[C@]21OC(=O)N(CC(=O)N2CCCC[C@H]2c2ccccc2)C1=O. The lowest BCUT2D eigenvalue weighted by molar-refractivity contribution is -0.143. The second kappa shape index (κ2) is 9.05. The Balaban J connectivity index is 1.34. The number of hydrogen-bond acceptors (Lipinski definition) is 5. The van der Waals surface area contributed by atoms with Crippen LogP contribution in [0.1, 0.15) is 48.4 Å². The first-order valence-corrected chi connectivity index (χ1v) is 11.9. The second-order valence-corrected chi connectivity index (χ2v) is 9.17. The van der Waals surface area contributed by atoms with E-state index >= 15 is 0 Å². The summed E-state index contributed by atoms with van der Waals surface area (Å²) >= 11 is 0. The van der Waals surface area contributed by atoms with Crippen molar-refractivity contribution in [1.82, 2.24) is 15.1 Å². The number of likely N-dealkylation sites (tertiary alicyclic amines) is 1. The molecule has 3 aliphatic rings. The van der Waals surface area contributed by atoms with Crippen LogP contribution in [0.2, 0.25) is 0 Å². The van der Waals surface area contributed by atoms with Crippen molar-refractivity contribution in [2.24, 2.45) is 0 Å². The van der Waals surface area contributed by atoms with Gasteiger partial charge in [0, 0.05) is 31.3 Å². The molecule has 9 nitrogen and oxygen atoms in total. The van der Waals surface area contributed by atoms with Gasteiger partial charge in [-0.15, -0.1) is 0 Å². The van der Waals surface area contributed by atoms with Gasteiger partial charge in [0.25, 0.3) is 5.91 Å². The Bertz CT molecular complexity index is 1180. The Morgan fingerprint density at radius 2 is 1.91 bits per heavy atom. The number of nitrogens with zero attached hydrogens (tertiary/aromatic N) is 2. The molecule has 9 heteroatoms. The van der Waals surface area contributed by atoms with Crippen LogP contribution in [0, 0.1) is 0 Å². The van der Waals surface area contributed by atoms with Gasteiger partial charge in [-0.2, -0.15) is 0 Å². The van der Waals surface area contributed by atoms with Crippen molar-refractivity contribution in [3.05, 3.63) is 65.2 Å². The fourth-order valence-corrected chi connectivity index (χ4v) is 5.40. The number of aryl methyl sites for hydroxylation is 1. The third-order valence-electron chi connectivity index (χ3n) is 7.15. The van der Waals surface area contributed by atoms with Crippen molar-refractivity contribution in [1.29, 1.82) is 0 Å². The second-order valence-electron chi connectivity index (χ2n) is 9.17. The van der Waals surface area contributed by atoms with Crippen LogP contribution in [-0.2, 0) is 26.3 Å². The minimum Gasteiger partial charge on any atom is -0.427 e. The highest BCUT2D eigenvalue weighted by molar-refractivity contribution is 6.06. The van der Waals surface area contributed by atoms with Gasteiger partial charge >= 0.3 is 12.1 Å². The fraction of sp³-hybridized carbons (Fsp3) is 0.385. The first-order valence-electron chi connectivity index (χ1n) is 11.9. The zero-order valence-electron chi connectivity index (χ0n) is 19.6. The first kappa shape index (κ1) is 22.9. The summed E-state index contributed by atoms with van der Waals surface area (Å²) in [6, 6.07) is 14.6. The quantitative estimate of drug-likeness (QED) is 0.704. The number of hydrogen-bond donors (Lipinski definition) is 2. The van der Waals surface area contributed by atoms with Crippen LogP contribution in [0.4, 0.5) is 15.3 Å². The van der Waals surface area contributed by atoms with E-state index in [2.05, 4.69) is 10.6 Å². The Morgan fingerprint density at radius 1 is 1.11 bits per heavy atom. The summed E-state index contributed by atoms with van der Waals surface area (Å²) in [6.45, 7) is 0.249. The molecule has 182 valence electrons. The molecular weight excluding hydrogens is 448 g/mol. The molecule has 1 spiro atoms. The smallest absolute Gasteiger partial charge is 0.418 e. The van der Waals surface area contributed by atoms with Crippen molar-refractivity contribution in [2.45, 2.75) is 43.7 Å². The highest BCUT2D eigenvalue weighted by atomic mass is 16.6. The molecule has 5 amide bonds. The monoisotopic (exact) mass is 476 g/mol. The van der Waals surface area contributed by atoms with Gasteiger partial charge in [0.2, 0.25) is 11.5 Å². The molecule has 2 heterocycles. The number of benzene rings is 2. The molecule has 2 saturated heterocycles. The van der Waals surface area contributed by atoms with Crippen LogP contribution in [-0.4, -0.2) is 53.9 Å². The Labute approximate surface area is 203 Å². The van der Waals surface area contributed by atoms with Gasteiger partial charge in [0.1, 0.15) is 6.54 Å². The average molecular weight is 477 g/mol. The van der Waals surface area contributed by atoms with E-state index in [1.807, 2.05) is 30.3 Å². The lowest BCUT2D eigenvalue weighted by Gasteiger charge is -2.36. The summed E-state index contributed by atoms with van der Waals surface area (Å²) in [5.74, 6) is -0.765. The van der Waals surface area contributed by atoms with Gasteiger partial charge in [-0.3, -0.25) is 9.59 Å². The maximum absolute atomic E-state index is 13.5. The number of ether oxygens (including phenoxy) is 1. The highest BCUT2D eigenvalue weighted by Crippen LogP contribution is 2.46. The third kappa shape index (κ3) is 4.00. The number of imide groups is 1. The van der Waals surface area contributed by atoms with E-state index in [0.717, 1.165) is 35.3 Å². The van der Waals surface area contributed by atoms with Crippen LogP contribution in [0.3, 0.4) is 0 Å². The minimum atomic E-state index is -1.42. The van der Waals surface area contributed by atoms with Crippen LogP contribution >= 0.6 is 0 Å². The molecule has 2 fully saturated rings. The molecule has 0 aromatic heterocycles. The van der Waals surface area contributed by atoms with Gasteiger partial charge in [-0.1, -0.05) is 36.4 Å². The first-order chi connectivity index (χ1) is 16.9. The maximum Gasteiger partial charge on any atom is 0.418 e. The number of carbonyl (C=O) groups is 4. The number of anilines is 1. The van der Waals surface area contributed by atoms with E-state index in [-0.39, 0.29) is 24.5 Å². The van der Waals surface area contributed by atoms with Crippen molar-refractivity contribution in [2.75, 3.05) is 25.5 Å². The summed E-state index contributed by atoms with van der Waals surface area (Å²) in [5.41, 5.74) is 1.65. The maximum atomic E-state index is 13.5. The van der Waals surface area contributed by atoms with Gasteiger partial charge in [-0.25, -0.2) is 14.5 Å². The number of fused-ring (bicyclic) bond motifs is 2. The molecule has 2 N–H and O–H groups in total. The summed E-state index contributed by atoms with van der Waals surface area (Å²) in [5, 5.41) is 5.20. The molecule has 2 atom stereocenters. The molecule has 2 aliphatic heterocycles. The number of rotatable bonds is 4. The lowest BCUT2D eigenvalue weighted by Crippen LogP contribution is -2.47. The summed E-state index contributed by atoms with van der Waals surface area (Å²) in [6.07, 6.45) is 2.77. The van der Waals surface area contributed by atoms with E-state index in [9.17, 15) is 19.2 Å². The lowest BCUT2D eigenvalue weighted by atomic mass is 9.94. The van der Waals surface area contributed by atoms with Gasteiger partial charge in [0.05, 0.1) is 6.04 Å². The normalized spacial score (nSPS) is 23.3. The molecule has 0 saturated carbocycles. The topological polar surface area (TPSA) is 108 Å². The predicted octanol–water partition coefficient (Wildman–Crippen LogP) is 3.31. The third-order valence-corrected chi connectivity index (χ3v) is 7.15. The standard InChI is InChI=1S/C26H28N4O5/c1-27-24(33)28-19-10-11-20-18(15-19)12-13-26(20)23(32)30(25(34)35-26)16-22(31)29-14-6-5-9-21(29)17-7-3-2-4-8-17/h2-4,7-8,10-11,15,21H,5-6,9,12-14,16H2,1H3,(H2,27,28,33)/t21-,26-/m0/s1. The van der Waals surface area contributed by atoms with Gasteiger partial charge in [-0.05, 0) is 48.9 Å². The molecule has 2 aromatic rings. The van der Waals surface area contributed by atoms with E-state index in [1.165, 1.54) is 7.05 Å². The van der Waals surface area contributed by atoms with Crippen molar-refractivity contribution in [3.8, 4) is 0 Å². The molecule has 5 rings (SSSR count). The van der Waals surface area contributed by atoms with E-state index in [1.54, 1.807) is 23.1 Å².